The normalized spacial score (nSPS) is 30.0. The van der Waals surface area contributed by atoms with E-state index in [0.29, 0.717) is 0 Å². The van der Waals surface area contributed by atoms with Crippen molar-refractivity contribution in [1.82, 2.24) is 10.2 Å². The maximum absolute atomic E-state index is 3.50. The summed E-state index contributed by atoms with van der Waals surface area (Å²) in [7, 11) is 0. The van der Waals surface area contributed by atoms with E-state index in [1.165, 1.54) is 58.2 Å². The SMILES string of the molecule is CCN(C1CCC1)C1CCCNCC1. The maximum Gasteiger partial charge on any atom is 0.0111 e. The van der Waals surface area contributed by atoms with E-state index in [0.717, 1.165) is 12.1 Å². The number of nitrogens with zero attached hydrogens (tertiary/aromatic N) is 1. The van der Waals surface area contributed by atoms with Crippen molar-refractivity contribution in [3.63, 3.8) is 0 Å². The lowest BCUT2D eigenvalue weighted by Gasteiger charge is -2.42. The van der Waals surface area contributed by atoms with E-state index in [9.17, 15) is 0 Å². The number of hydrogen-bond acceptors (Lipinski definition) is 2. The minimum Gasteiger partial charge on any atom is -0.317 e. The quantitative estimate of drug-likeness (QED) is 0.743. The molecule has 2 rings (SSSR count). The van der Waals surface area contributed by atoms with Crippen LogP contribution in [0.1, 0.15) is 45.4 Å². The number of nitrogens with one attached hydrogen (secondary N) is 1. The van der Waals surface area contributed by atoms with Crippen molar-refractivity contribution >= 4 is 0 Å². The van der Waals surface area contributed by atoms with E-state index in [1.54, 1.807) is 0 Å². The standard InChI is InChI=1S/C12H24N2/c1-2-14(11-5-3-6-11)12-7-4-9-13-10-8-12/h11-13H,2-10H2,1H3. The van der Waals surface area contributed by atoms with Gasteiger partial charge in [-0.15, -0.1) is 0 Å². The molecule has 1 saturated heterocycles. The summed E-state index contributed by atoms with van der Waals surface area (Å²) in [5, 5.41) is 3.50. The summed E-state index contributed by atoms with van der Waals surface area (Å²) in [6.07, 6.45) is 8.53. The molecule has 0 amide bonds. The van der Waals surface area contributed by atoms with Crippen LogP contribution in [0.4, 0.5) is 0 Å². The molecular formula is C12H24N2. The van der Waals surface area contributed by atoms with Crippen molar-refractivity contribution in [2.24, 2.45) is 0 Å². The van der Waals surface area contributed by atoms with Gasteiger partial charge in [-0.05, 0) is 51.7 Å². The smallest absolute Gasteiger partial charge is 0.0111 e. The summed E-state index contributed by atoms with van der Waals surface area (Å²) in [5.41, 5.74) is 0. The Bertz CT molecular complexity index is 158. The van der Waals surface area contributed by atoms with Gasteiger partial charge in [0, 0.05) is 12.1 Å². The van der Waals surface area contributed by atoms with Crippen molar-refractivity contribution in [2.75, 3.05) is 19.6 Å². The molecule has 1 aliphatic heterocycles. The van der Waals surface area contributed by atoms with Crippen LogP contribution in [0.5, 0.6) is 0 Å². The molecule has 1 N–H and O–H groups in total. The maximum atomic E-state index is 3.50. The van der Waals surface area contributed by atoms with Gasteiger partial charge in [0.05, 0.1) is 0 Å². The van der Waals surface area contributed by atoms with Gasteiger partial charge in [0.1, 0.15) is 0 Å². The van der Waals surface area contributed by atoms with Gasteiger partial charge in [-0.2, -0.15) is 0 Å². The number of hydrogen-bond donors (Lipinski definition) is 1. The number of rotatable bonds is 3. The van der Waals surface area contributed by atoms with Gasteiger partial charge in [-0.1, -0.05) is 13.3 Å². The second-order valence-electron chi connectivity index (χ2n) is 4.75. The van der Waals surface area contributed by atoms with Gasteiger partial charge in [0.25, 0.3) is 0 Å². The van der Waals surface area contributed by atoms with E-state index < -0.39 is 0 Å². The van der Waals surface area contributed by atoms with Gasteiger partial charge < -0.3 is 5.32 Å². The Morgan fingerprint density at radius 2 is 1.71 bits per heavy atom. The third-order valence-electron chi connectivity index (χ3n) is 3.92. The van der Waals surface area contributed by atoms with Crippen LogP contribution in [0.25, 0.3) is 0 Å². The zero-order valence-electron chi connectivity index (χ0n) is 9.47. The second-order valence-corrected chi connectivity index (χ2v) is 4.75. The third-order valence-corrected chi connectivity index (χ3v) is 3.92. The summed E-state index contributed by atoms with van der Waals surface area (Å²) in [6, 6.07) is 1.81. The molecule has 1 unspecified atom stereocenters. The van der Waals surface area contributed by atoms with Crippen molar-refractivity contribution in [3.05, 3.63) is 0 Å². The lowest BCUT2D eigenvalue weighted by atomic mass is 9.89. The highest BCUT2D eigenvalue weighted by Gasteiger charge is 2.29. The summed E-state index contributed by atoms with van der Waals surface area (Å²) in [5.74, 6) is 0. The molecule has 0 spiro atoms. The third kappa shape index (κ3) is 2.29. The predicted molar refractivity (Wildman–Crippen MR) is 60.5 cm³/mol. The first-order valence-corrected chi connectivity index (χ1v) is 6.38. The van der Waals surface area contributed by atoms with Crippen LogP contribution in [0.3, 0.4) is 0 Å². The summed E-state index contributed by atoms with van der Waals surface area (Å²) >= 11 is 0. The van der Waals surface area contributed by atoms with E-state index in [2.05, 4.69) is 17.1 Å². The molecule has 1 atom stereocenters. The lowest BCUT2D eigenvalue weighted by Crippen LogP contribution is -2.46. The van der Waals surface area contributed by atoms with Crippen molar-refractivity contribution in [3.8, 4) is 0 Å². The van der Waals surface area contributed by atoms with E-state index >= 15 is 0 Å². The fraction of sp³-hybridized carbons (Fsp3) is 1.00. The first kappa shape index (κ1) is 10.4. The Kier molecular flexibility index (Phi) is 3.82. The average molecular weight is 196 g/mol. The molecule has 14 heavy (non-hydrogen) atoms. The molecule has 2 fully saturated rings. The van der Waals surface area contributed by atoms with Crippen molar-refractivity contribution < 1.29 is 0 Å². The van der Waals surface area contributed by atoms with Gasteiger partial charge in [0.2, 0.25) is 0 Å². The molecule has 0 aromatic rings. The second kappa shape index (κ2) is 5.13. The van der Waals surface area contributed by atoms with Gasteiger partial charge in [0.15, 0.2) is 0 Å². The molecular weight excluding hydrogens is 172 g/mol. The fourth-order valence-corrected chi connectivity index (χ4v) is 2.87. The Morgan fingerprint density at radius 3 is 2.36 bits per heavy atom. The van der Waals surface area contributed by atoms with E-state index in [4.69, 9.17) is 0 Å². The monoisotopic (exact) mass is 196 g/mol. The Morgan fingerprint density at radius 1 is 1.00 bits per heavy atom. The Hall–Kier alpha value is -0.0800. The molecule has 82 valence electrons. The minimum absolute atomic E-state index is 0.875. The van der Waals surface area contributed by atoms with Crippen molar-refractivity contribution in [1.29, 1.82) is 0 Å². The first-order valence-electron chi connectivity index (χ1n) is 6.38. The van der Waals surface area contributed by atoms with Crippen LogP contribution < -0.4 is 5.32 Å². The van der Waals surface area contributed by atoms with Crippen molar-refractivity contribution in [2.45, 2.75) is 57.5 Å². The summed E-state index contributed by atoms with van der Waals surface area (Å²) in [6.45, 7) is 6.05. The Balaban J connectivity index is 1.87. The van der Waals surface area contributed by atoms with E-state index in [1.807, 2.05) is 0 Å². The van der Waals surface area contributed by atoms with Crippen LogP contribution in [0, 0.1) is 0 Å². The molecule has 2 nitrogen and oxygen atoms in total. The molecule has 2 aliphatic rings. The summed E-state index contributed by atoms with van der Waals surface area (Å²) < 4.78 is 0. The van der Waals surface area contributed by atoms with Crippen LogP contribution in [0.2, 0.25) is 0 Å². The molecule has 1 aliphatic carbocycles. The lowest BCUT2D eigenvalue weighted by molar-refractivity contribution is 0.0785. The highest BCUT2D eigenvalue weighted by atomic mass is 15.2. The largest absolute Gasteiger partial charge is 0.317 e. The summed E-state index contributed by atoms with van der Waals surface area (Å²) in [4.78, 5) is 2.77. The van der Waals surface area contributed by atoms with Gasteiger partial charge >= 0.3 is 0 Å². The molecule has 1 heterocycles. The minimum atomic E-state index is 0.875. The van der Waals surface area contributed by atoms with Crippen LogP contribution in [-0.2, 0) is 0 Å². The fourth-order valence-electron chi connectivity index (χ4n) is 2.87. The average Bonchev–Trinajstić information content (AvgIpc) is 2.38. The van der Waals surface area contributed by atoms with Gasteiger partial charge in [-0.25, -0.2) is 0 Å². The van der Waals surface area contributed by atoms with E-state index in [-0.39, 0.29) is 0 Å². The highest BCUT2D eigenvalue weighted by Crippen LogP contribution is 2.28. The van der Waals surface area contributed by atoms with Crippen LogP contribution >= 0.6 is 0 Å². The first-order chi connectivity index (χ1) is 6.92. The highest BCUT2D eigenvalue weighted by molar-refractivity contribution is 4.85. The zero-order chi connectivity index (χ0) is 9.80. The molecule has 1 saturated carbocycles. The van der Waals surface area contributed by atoms with Crippen LogP contribution in [0.15, 0.2) is 0 Å². The molecule has 0 aromatic heterocycles. The molecule has 2 heteroatoms. The predicted octanol–water partition coefficient (Wildman–Crippen LogP) is 2.00. The Labute approximate surface area is 88.1 Å². The zero-order valence-corrected chi connectivity index (χ0v) is 9.47. The van der Waals surface area contributed by atoms with Crippen LogP contribution in [-0.4, -0.2) is 36.6 Å². The molecule has 0 aromatic carbocycles. The molecule has 0 radical (unpaired) electrons. The topological polar surface area (TPSA) is 15.3 Å². The van der Waals surface area contributed by atoms with Gasteiger partial charge in [-0.3, -0.25) is 4.90 Å². The molecule has 0 bridgehead atoms.